The second-order valence-electron chi connectivity index (χ2n) is 5.60. The van der Waals surface area contributed by atoms with E-state index in [-0.39, 0.29) is 19.1 Å². The molecule has 6 nitrogen and oxygen atoms in total. The summed E-state index contributed by atoms with van der Waals surface area (Å²) in [5.41, 5.74) is 2.62. The van der Waals surface area contributed by atoms with Gasteiger partial charge >= 0.3 is 5.97 Å². The van der Waals surface area contributed by atoms with Crippen LogP contribution in [0.15, 0.2) is 29.6 Å². The van der Waals surface area contributed by atoms with Crippen molar-refractivity contribution in [2.24, 2.45) is 0 Å². The molecule has 0 amide bonds. The second kappa shape index (κ2) is 7.01. The predicted octanol–water partition coefficient (Wildman–Crippen LogP) is 4.29. The Balaban J connectivity index is 1.77. The molecule has 1 aliphatic heterocycles. The predicted molar refractivity (Wildman–Crippen MR) is 98.2 cm³/mol. The van der Waals surface area contributed by atoms with Gasteiger partial charge < -0.3 is 14.2 Å². The van der Waals surface area contributed by atoms with Crippen molar-refractivity contribution in [1.82, 2.24) is 10.2 Å². The summed E-state index contributed by atoms with van der Waals surface area (Å²) < 4.78 is 15.9. The number of carbonyl (C=O) groups excluding carboxylic acids is 1. The lowest BCUT2D eigenvalue weighted by Crippen LogP contribution is -2.08. The Morgan fingerprint density at radius 1 is 1.38 bits per heavy atom. The number of benzene rings is 1. The highest BCUT2D eigenvalue weighted by atomic mass is 35.5. The standard InChI is InChI=1S/C18H15ClN2O4S/c1-2-23-18(22)17-11(16(20-21-17)15-4-3-5-26-15)6-10-7-13-14(8-12(10)19)25-9-24-13/h3-5,7-8H,2,6,9H2,1H3,(H,20,21). The summed E-state index contributed by atoms with van der Waals surface area (Å²) in [7, 11) is 0. The third-order valence-corrected chi connectivity index (χ3v) is 5.25. The van der Waals surface area contributed by atoms with Crippen LogP contribution in [0, 0.1) is 0 Å². The average Bonchev–Trinajstić information content (AvgIpc) is 3.35. The van der Waals surface area contributed by atoms with Gasteiger partial charge in [0.2, 0.25) is 6.79 Å². The van der Waals surface area contributed by atoms with E-state index in [1.165, 1.54) is 0 Å². The van der Waals surface area contributed by atoms with E-state index < -0.39 is 5.97 Å². The maximum absolute atomic E-state index is 12.3. The van der Waals surface area contributed by atoms with Crippen molar-refractivity contribution < 1.29 is 19.0 Å². The zero-order valence-corrected chi connectivity index (χ0v) is 15.4. The zero-order valence-electron chi connectivity index (χ0n) is 13.9. The van der Waals surface area contributed by atoms with Crippen LogP contribution < -0.4 is 9.47 Å². The number of nitrogens with one attached hydrogen (secondary N) is 1. The number of H-pyrrole nitrogens is 1. The molecule has 1 aromatic carbocycles. The topological polar surface area (TPSA) is 73.4 Å². The zero-order chi connectivity index (χ0) is 18.1. The van der Waals surface area contributed by atoms with Crippen molar-refractivity contribution in [3.8, 4) is 22.1 Å². The van der Waals surface area contributed by atoms with E-state index in [4.69, 9.17) is 25.8 Å². The summed E-state index contributed by atoms with van der Waals surface area (Å²) in [6.45, 7) is 2.22. The van der Waals surface area contributed by atoms with Gasteiger partial charge in [0, 0.05) is 23.1 Å². The molecule has 1 N–H and O–H groups in total. The molecule has 2 aromatic heterocycles. The monoisotopic (exact) mass is 390 g/mol. The summed E-state index contributed by atoms with van der Waals surface area (Å²) in [4.78, 5) is 13.3. The summed E-state index contributed by atoms with van der Waals surface area (Å²) >= 11 is 7.98. The molecule has 3 aromatic rings. The Hall–Kier alpha value is -2.51. The van der Waals surface area contributed by atoms with E-state index in [2.05, 4.69) is 10.2 Å². The first-order chi connectivity index (χ1) is 12.7. The van der Waals surface area contributed by atoms with Crippen LogP contribution in [0.4, 0.5) is 0 Å². The molecule has 0 atom stereocenters. The number of fused-ring (bicyclic) bond motifs is 1. The van der Waals surface area contributed by atoms with Gasteiger partial charge in [0.25, 0.3) is 0 Å². The fraction of sp³-hybridized carbons (Fsp3) is 0.222. The molecule has 0 saturated heterocycles. The lowest BCUT2D eigenvalue weighted by Gasteiger charge is -2.08. The van der Waals surface area contributed by atoms with Crippen LogP contribution in [0.2, 0.25) is 5.02 Å². The van der Waals surface area contributed by atoms with Gasteiger partial charge in [-0.25, -0.2) is 4.79 Å². The number of carbonyl (C=O) groups is 1. The number of aromatic amines is 1. The Morgan fingerprint density at radius 2 is 2.19 bits per heavy atom. The number of ether oxygens (including phenoxy) is 3. The first-order valence-corrected chi connectivity index (χ1v) is 9.29. The largest absolute Gasteiger partial charge is 0.461 e. The molecule has 26 heavy (non-hydrogen) atoms. The first-order valence-electron chi connectivity index (χ1n) is 8.03. The average molecular weight is 391 g/mol. The van der Waals surface area contributed by atoms with Crippen molar-refractivity contribution in [3.63, 3.8) is 0 Å². The van der Waals surface area contributed by atoms with Gasteiger partial charge in [0.15, 0.2) is 17.2 Å². The molecular weight excluding hydrogens is 376 g/mol. The number of thiophene rings is 1. The minimum absolute atomic E-state index is 0.176. The summed E-state index contributed by atoms with van der Waals surface area (Å²) in [5.74, 6) is 0.803. The summed E-state index contributed by atoms with van der Waals surface area (Å²) in [6.07, 6.45) is 0.410. The number of hydrogen-bond acceptors (Lipinski definition) is 6. The number of esters is 1. The van der Waals surface area contributed by atoms with Crippen LogP contribution in [0.5, 0.6) is 11.5 Å². The van der Waals surface area contributed by atoms with Crippen LogP contribution in [-0.2, 0) is 11.2 Å². The van der Waals surface area contributed by atoms with Gasteiger partial charge in [-0.15, -0.1) is 11.3 Å². The highest BCUT2D eigenvalue weighted by Crippen LogP contribution is 2.39. The SMILES string of the molecule is CCOC(=O)c1n[nH]c(-c2cccs2)c1Cc1cc2c(cc1Cl)OCO2. The Kier molecular flexibility index (Phi) is 4.57. The van der Waals surface area contributed by atoms with Crippen LogP contribution >= 0.6 is 22.9 Å². The Morgan fingerprint density at radius 3 is 2.92 bits per heavy atom. The highest BCUT2D eigenvalue weighted by molar-refractivity contribution is 7.13. The van der Waals surface area contributed by atoms with Gasteiger partial charge in [-0.3, -0.25) is 5.10 Å². The molecule has 0 radical (unpaired) electrons. The van der Waals surface area contributed by atoms with Gasteiger partial charge in [0.1, 0.15) is 0 Å². The highest BCUT2D eigenvalue weighted by Gasteiger charge is 2.24. The molecule has 0 bridgehead atoms. The molecule has 3 heterocycles. The molecule has 1 aliphatic rings. The molecule has 0 unspecified atom stereocenters. The summed E-state index contributed by atoms with van der Waals surface area (Å²) in [5, 5.41) is 9.68. The van der Waals surface area contributed by atoms with Crippen molar-refractivity contribution >= 4 is 28.9 Å². The number of nitrogens with zero attached hydrogens (tertiary/aromatic N) is 1. The lowest BCUT2D eigenvalue weighted by molar-refractivity contribution is 0.0518. The van der Waals surface area contributed by atoms with Gasteiger partial charge in [-0.05, 0) is 30.0 Å². The van der Waals surface area contributed by atoms with Gasteiger partial charge in [0.05, 0.1) is 17.2 Å². The molecule has 0 fully saturated rings. The van der Waals surface area contributed by atoms with E-state index >= 15 is 0 Å². The fourth-order valence-electron chi connectivity index (χ4n) is 2.82. The number of aromatic nitrogens is 2. The van der Waals surface area contributed by atoms with E-state index in [9.17, 15) is 4.79 Å². The quantitative estimate of drug-likeness (QED) is 0.658. The lowest BCUT2D eigenvalue weighted by atomic mass is 10.0. The number of halogens is 1. The van der Waals surface area contributed by atoms with E-state index in [1.54, 1.807) is 24.3 Å². The molecular formula is C18H15ClN2O4S. The number of hydrogen-bond donors (Lipinski definition) is 1. The first kappa shape index (κ1) is 16.9. The van der Waals surface area contributed by atoms with Crippen LogP contribution in [-0.4, -0.2) is 29.6 Å². The normalized spacial score (nSPS) is 12.4. The summed E-state index contributed by atoms with van der Waals surface area (Å²) in [6, 6.07) is 7.49. The van der Waals surface area contributed by atoms with Crippen molar-refractivity contribution in [3.05, 3.63) is 51.5 Å². The second-order valence-corrected chi connectivity index (χ2v) is 6.95. The third-order valence-electron chi connectivity index (χ3n) is 4.01. The number of rotatable bonds is 5. The van der Waals surface area contributed by atoms with Crippen LogP contribution in [0.25, 0.3) is 10.6 Å². The molecule has 0 saturated carbocycles. The van der Waals surface area contributed by atoms with Gasteiger partial charge in [-0.1, -0.05) is 17.7 Å². The van der Waals surface area contributed by atoms with E-state index in [1.807, 2.05) is 23.6 Å². The molecule has 8 heteroatoms. The van der Waals surface area contributed by atoms with Crippen molar-refractivity contribution in [1.29, 1.82) is 0 Å². The molecule has 134 valence electrons. The minimum Gasteiger partial charge on any atom is -0.461 e. The molecule has 0 aliphatic carbocycles. The van der Waals surface area contributed by atoms with E-state index in [0.29, 0.717) is 22.9 Å². The fourth-order valence-corrected chi connectivity index (χ4v) is 3.78. The van der Waals surface area contributed by atoms with Crippen molar-refractivity contribution in [2.45, 2.75) is 13.3 Å². The molecule has 4 rings (SSSR count). The Labute approximate surface area is 158 Å². The van der Waals surface area contributed by atoms with Crippen LogP contribution in [0.3, 0.4) is 0 Å². The maximum atomic E-state index is 12.3. The maximum Gasteiger partial charge on any atom is 0.359 e. The smallest absolute Gasteiger partial charge is 0.359 e. The Bertz CT molecular complexity index is 953. The van der Waals surface area contributed by atoms with E-state index in [0.717, 1.165) is 21.7 Å². The van der Waals surface area contributed by atoms with Crippen molar-refractivity contribution in [2.75, 3.05) is 13.4 Å². The van der Waals surface area contributed by atoms with Crippen LogP contribution in [0.1, 0.15) is 28.5 Å². The molecule has 0 spiro atoms. The minimum atomic E-state index is -0.460. The third kappa shape index (κ3) is 3.04. The van der Waals surface area contributed by atoms with Gasteiger partial charge in [-0.2, -0.15) is 5.10 Å².